The number of sulfonamides is 1. The van der Waals surface area contributed by atoms with Gasteiger partial charge < -0.3 is 0 Å². The van der Waals surface area contributed by atoms with Gasteiger partial charge in [0.15, 0.2) is 0 Å². The summed E-state index contributed by atoms with van der Waals surface area (Å²) in [5.41, 5.74) is 4.16. The van der Waals surface area contributed by atoms with E-state index in [9.17, 15) is 12.8 Å². The molecule has 0 bridgehead atoms. The molecule has 0 radical (unpaired) electrons. The molecule has 0 aromatic heterocycles. The van der Waals surface area contributed by atoms with Gasteiger partial charge in [-0.3, -0.25) is 4.72 Å². The molecule has 0 unspecified atom stereocenters. The van der Waals surface area contributed by atoms with Crippen LogP contribution in [0.1, 0.15) is 5.56 Å². The van der Waals surface area contributed by atoms with Gasteiger partial charge in [-0.05, 0) is 29.2 Å². The highest BCUT2D eigenvalue weighted by Gasteiger charge is 2.23. The SMILES string of the molecule is O=S1(=O)CCc2cccc(-c3ccc(-c4ccccc4)c(F)c3)c2N1. The second-order valence-corrected chi connectivity index (χ2v) is 7.91. The normalized spacial score (nSPS) is 15.2. The summed E-state index contributed by atoms with van der Waals surface area (Å²) < 4.78 is 41.1. The maximum absolute atomic E-state index is 14.7. The van der Waals surface area contributed by atoms with Gasteiger partial charge in [-0.1, -0.05) is 60.7 Å². The van der Waals surface area contributed by atoms with Crippen LogP contribution in [-0.2, 0) is 16.4 Å². The minimum Gasteiger partial charge on any atom is -0.283 e. The Balaban J connectivity index is 1.81. The highest BCUT2D eigenvalue weighted by molar-refractivity contribution is 7.92. The fourth-order valence-electron chi connectivity index (χ4n) is 3.15. The number of anilines is 1. The molecule has 1 aliphatic rings. The number of fused-ring (bicyclic) bond motifs is 1. The predicted molar refractivity (Wildman–Crippen MR) is 98.4 cm³/mol. The number of halogens is 1. The van der Waals surface area contributed by atoms with Crippen LogP contribution in [0, 0.1) is 5.82 Å². The van der Waals surface area contributed by atoms with Crippen molar-refractivity contribution in [3.05, 3.63) is 78.1 Å². The van der Waals surface area contributed by atoms with E-state index in [1.807, 2.05) is 54.6 Å². The van der Waals surface area contributed by atoms with Gasteiger partial charge in [-0.25, -0.2) is 12.8 Å². The van der Waals surface area contributed by atoms with Crippen LogP contribution in [0.15, 0.2) is 66.7 Å². The van der Waals surface area contributed by atoms with E-state index >= 15 is 0 Å². The first-order valence-corrected chi connectivity index (χ1v) is 9.66. The molecule has 0 atom stereocenters. The van der Waals surface area contributed by atoms with Crippen LogP contribution in [-0.4, -0.2) is 14.2 Å². The Morgan fingerprint density at radius 3 is 2.40 bits per heavy atom. The van der Waals surface area contributed by atoms with Crippen LogP contribution in [0.3, 0.4) is 0 Å². The minimum atomic E-state index is -3.33. The second kappa shape index (κ2) is 6.01. The first-order chi connectivity index (χ1) is 12.0. The molecular weight excluding hydrogens is 337 g/mol. The van der Waals surface area contributed by atoms with Crippen molar-refractivity contribution in [2.75, 3.05) is 10.5 Å². The highest BCUT2D eigenvalue weighted by Crippen LogP contribution is 2.36. The van der Waals surface area contributed by atoms with Gasteiger partial charge in [0, 0.05) is 11.1 Å². The van der Waals surface area contributed by atoms with E-state index in [1.165, 1.54) is 6.07 Å². The average Bonchev–Trinajstić information content (AvgIpc) is 2.61. The van der Waals surface area contributed by atoms with Gasteiger partial charge >= 0.3 is 0 Å². The van der Waals surface area contributed by atoms with Gasteiger partial charge in [0.1, 0.15) is 5.82 Å². The van der Waals surface area contributed by atoms with E-state index < -0.39 is 10.0 Å². The summed E-state index contributed by atoms with van der Waals surface area (Å²) in [6.45, 7) is 0. The zero-order valence-corrected chi connectivity index (χ0v) is 14.2. The van der Waals surface area contributed by atoms with E-state index in [0.29, 0.717) is 28.8 Å². The molecule has 0 fully saturated rings. The molecule has 0 saturated carbocycles. The van der Waals surface area contributed by atoms with Crippen LogP contribution in [0.5, 0.6) is 0 Å². The van der Waals surface area contributed by atoms with Gasteiger partial charge in [0.2, 0.25) is 10.0 Å². The molecule has 5 heteroatoms. The van der Waals surface area contributed by atoms with Crippen LogP contribution in [0.25, 0.3) is 22.3 Å². The topological polar surface area (TPSA) is 46.2 Å². The zero-order chi connectivity index (χ0) is 17.4. The maximum Gasteiger partial charge on any atom is 0.233 e. The quantitative estimate of drug-likeness (QED) is 0.739. The van der Waals surface area contributed by atoms with Crippen molar-refractivity contribution >= 4 is 15.7 Å². The lowest BCUT2D eigenvalue weighted by Gasteiger charge is -2.21. The number of nitrogens with one attached hydrogen (secondary N) is 1. The monoisotopic (exact) mass is 353 g/mol. The summed E-state index contributed by atoms with van der Waals surface area (Å²) in [5.74, 6) is -0.259. The van der Waals surface area contributed by atoms with Gasteiger partial charge in [0.05, 0.1) is 11.4 Å². The molecule has 0 spiro atoms. The zero-order valence-electron chi connectivity index (χ0n) is 13.4. The molecule has 3 aromatic rings. The van der Waals surface area contributed by atoms with Gasteiger partial charge in [-0.15, -0.1) is 0 Å². The number of aryl methyl sites for hydroxylation is 1. The van der Waals surface area contributed by atoms with Gasteiger partial charge in [-0.2, -0.15) is 0 Å². The molecule has 0 saturated heterocycles. The Morgan fingerprint density at radius 2 is 1.64 bits per heavy atom. The molecule has 1 aliphatic heterocycles. The summed E-state index contributed by atoms with van der Waals surface area (Å²) in [6.07, 6.45) is 0.461. The van der Waals surface area contributed by atoms with Crippen molar-refractivity contribution in [2.45, 2.75) is 6.42 Å². The molecular formula is C20H16FNO2S. The first kappa shape index (κ1) is 15.8. The van der Waals surface area contributed by atoms with Crippen LogP contribution in [0.2, 0.25) is 0 Å². The third kappa shape index (κ3) is 3.03. The summed E-state index contributed by atoms with van der Waals surface area (Å²) in [5, 5.41) is 0. The first-order valence-electron chi connectivity index (χ1n) is 8.01. The largest absolute Gasteiger partial charge is 0.283 e. The van der Waals surface area contributed by atoms with Gasteiger partial charge in [0.25, 0.3) is 0 Å². The lowest BCUT2D eigenvalue weighted by Crippen LogP contribution is -2.24. The standard InChI is InChI=1S/C20H16FNO2S/c21-19-13-16(9-10-17(19)14-5-2-1-3-6-14)18-8-4-7-15-11-12-25(23,24)22-20(15)18/h1-10,13,22H,11-12H2. The van der Waals surface area contributed by atoms with Crippen LogP contribution in [0.4, 0.5) is 10.1 Å². The molecule has 3 nitrogen and oxygen atoms in total. The summed E-state index contributed by atoms with van der Waals surface area (Å²) >= 11 is 0. The van der Waals surface area contributed by atoms with Crippen molar-refractivity contribution in [2.24, 2.45) is 0 Å². The molecule has 0 aliphatic carbocycles. The predicted octanol–water partition coefficient (Wildman–Crippen LogP) is 4.46. The summed E-state index contributed by atoms with van der Waals surface area (Å²) in [4.78, 5) is 0. The lowest BCUT2D eigenvalue weighted by molar-refractivity contribution is 0.599. The Morgan fingerprint density at radius 1 is 0.840 bits per heavy atom. The minimum absolute atomic E-state index is 0.0742. The van der Waals surface area contributed by atoms with E-state index in [-0.39, 0.29) is 11.6 Å². The Labute approximate surface area is 146 Å². The van der Waals surface area contributed by atoms with Crippen molar-refractivity contribution < 1.29 is 12.8 Å². The summed E-state index contributed by atoms with van der Waals surface area (Å²) in [6, 6.07) is 19.9. The molecule has 1 heterocycles. The third-order valence-corrected chi connectivity index (χ3v) is 5.67. The number of benzene rings is 3. The lowest BCUT2D eigenvalue weighted by atomic mass is 9.96. The number of hydrogen-bond acceptors (Lipinski definition) is 2. The third-order valence-electron chi connectivity index (χ3n) is 4.41. The number of para-hydroxylation sites is 1. The van der Waals surface area contributed by atoms with E-state index in [0.717, 1.165) is 11.1 Å². The van der Waals surface area contributed by atoms with Crippen LogP contribution >= 0.6 is 0 Å². The molecule has 3 aromatic carbocycles. The van der Waals surface area contributed by atoms with Crippen molar-refractivity contribution in [1.82, 2.24) is 0 Å². The van der Waals surface area contributed by atoms with Crippen LogP contribution < -0.4 is 4.72 Å². The van der Waals surface area contributed by atoms with E-state index in [4.69, 9.17) is 0 Å². The highest BCUT2D eigenvalue weighted by atomic mass is 32.2. The number of rotatable bonds is 2. The fourth-order valence-corrected chi connectivity index (χ4v) is 4.30. The molecule has 126 valence electrons. The smallest absolute Gasteiger partial charge is 0.233 e. The molecule has 1 N–H and O–H groups in total. The maximum atomic E-state index is 14.7. The van der Waals surface area contributed by atoms with Crippen molar-refractivity contribution in [1.29, 1.82) is 0 Å². The van der Waals surface area contributed by atoms with E-state index in [2.05, 4.69) is 4.72 Å². The molecule has 4 rings (SSSR count). The van der Waals surface area contributed by atoms with Crippen molar-refractivity contribution in [3.63, 3.8) is 0 Å². The molecule has 25 heavy (non-hydrogen) atoms. The fraction of sp³-hybridized carbons (Fsp3) is 0.100. The summed E-state index contributed by atoms with van der Waals surface area (Å²) in [7, 11) is -3.33. The van der Waals surface area contributed by atoms with Crippen molar-refractivity contribution in [3.8, 4) is 22.3 Å². The Bertz CT molecular complexity index is 1050. The average molecular weight is 353 g/mol. The number of hydrogen-bond donors (Lipinski definition) is 1. The second-order valence-electron chi connectivity index (χ2n) is 6.07. The van der Waals surface area contributed by atoms with E-state index in [1.54, 1.807) is 6.07 Å². The molecule has 0 amide bonds. The Hall–Kier alpha value is -2.66. The Kier molecular flexibility index (Phi) is 3.81.